The fourth-order valence-corrected chi connectivity index (χ4v) is 3.08. The lowest BCUT2D eigenvalue weighted by Crippen LogP contribution is -2.39. The molecule has 0 spiro atoms. The summed E-state index contributed by atoms with van der Waals surface area (Å²) in [5.41, 5.74) is 0.447. The molecule has 7 heteroatoms. The molecule has 1 fully saturated rings. The van der Waals surface area contributed by atoms with E-state index in [2.05, 4.69) is 10.5 Å². The number of benzene rings is 1. The van der Waals surface area contributed by atoms with Crippen molar-refractivity contribution in [3.05, 3.63) is 47.2 Å². The molecule has 5 nitrogen and oxygen atoms in total. The quantitative estimate of drug-likeness (QED) is 0.896. The van der Waals surface area contributed by atoms with Crippen LogP contribution in [0.25, 0.3) is 0 Å². The predicted molar refractivity (Wildman–Crippen MR) is 93.6 cm³/mol. The van der Waals surface area contributed by atoms with Gasteiger partial charge in [0, 0.05) is 18.0 Å². The van der Waals surface area contributed by atoms with Gasteiger partial charge in [0.25, 0.3) is 0 Å². The smallest absolute Gasteiger partial charge is 0.242 e. The third-order valence-corrected chi connectivity index (χ3v) is 4.54. The van der Waals surface area contributed by atoms with E-state index in [4.69, 9.17) is 4.52 Å². The van der Waals surface area contributed by atoms with Gasteiger partial charge in [-0.1, -0.05) is 32.0 Å². The molecule has 1 aliphatic rings. The summed E-state index contributed by atoms with van der Waals surface area (Å²) in [4.78, 5) is 14.6. The Morgan fingerprint density at radius 1 is 1.31 bits per heavy atom. The molecule has 1 saturated heterocycles. The van der Waals surface area contributed by atoms with Crippen LogP contribution in [-0.2, 0) is 16.8 Å². The van der Waals surface area contributed by atoms with E-state index in [-0.39, 0.29) is 17.4 Å². The average Bonchev–Trinajstić information content (AvgIpc) is 3.20. The van der Waals surface area contributed by atoms with Crippen LogP contribution in [0.15, 0.2) is 28.8 Å². The molecule has 1 aromatic carbocycles. The number of nitrogens with zero attached hydrogens (tertiary/aromatic N) is 2. The van der Waals surface area contributed by atoms with Gasteiger partial charge in [0.2, 0.25) is 5.91 Å². The first kappa shape index (κ1) is 18.5. The Labute approximate surface area is 151 Å². The fraction of sp³-hybridized carbons (Fsp3) is 0.474. The van der Waals surface area contributed by atoms with Crippen molar-refractivity contribution < 1.29 is 18.1 Å². The lowest BCUT2D eigenvalue weighted by atomic mass is 9.93. The fourth-order valence-electron chi connectivity index (χ4n) is 3.08. The van der Waals surface area contributed by atoms with Crippen LogP contribution < -0.4 is 5.32 Å². The van der Waals surface area contributed by atoms with Crippen molar-refractivity contribution in [2.75, 3.05) is 11.9 Å². The lowest BCUT2D eigenvalue weighted by molar-refractivity contribution is -0.120. The lowest BCUT2D eigenvalue weighted by Gasteiger charge is -2.23. The van der Waals surface area contributed by atoms with E-state index in [1.807, 2.05) is 25.7 Å². The van der Waals surface area contributed by atoms with Gasteiger partial charge in [0.15, 0.2) is 17.5 Å². The number of nitrogens with one attached hydrogen (secondary N) is 1. The number of aromatic nitrogens is 1. The standard InChI is InChI=1S/C19H23F2N3O2/c1-19(2,3)16-10-17(23-26-16)22-18(25)15-5-4-8-24(15)11-12-6-7-13(20)14(21)9-12/h6-7,9-10,15H,4-5,8,11H2,1-3H3,(H,22,23,25)/t15-/m0/s1. The molecule has 2 heterocycles. The number of anilines is 1. The highest BCUT2D eigenvalue weighted by molar-refractivity contribution is 5.94. The van der Waals surface area contributed by atoms with E-state index in [1.54, 1.807) is 12.1 Å². The van der Waals surface area contributed by atoms with E-state index >= 15 is 0 Å². The molecule has 0 saturated carbocycles. The molecular formula is C19H23F2N3O2. The third-order valence-electron chi connectivity index (χ3n) is 4.54. The van der Waals surface area contributed by atoms with Crippen molar-refractivity contribution in [2.24, 2.45) is 0 Å². The Hall–Kier alpha value is -2.28. The van der Waals surface area contributed by atoms with Crippen LogP contribution in [0, 0.1) is 11.6 Å². The maximum Gasteiger partial charge on any atom is 0.242 e. The van der Waals surface area contributed by atoms with E-state index in [0.717, 1.165) is 19.0 Å². The molecule has 26 heavy (non-hydrogen) atoms. The highest BCUT2D eigenvalue weighted by Crippen LogP contribution is 2.26. The van der Waals surface area contributed by atoms with Gasteiger partial charge in [0.05, 0.1) is 6.04 Å². The van der Waals surface area contributed by atoms with E-state index in [9.17, 15) is 13.6 Å². The molecule has 0 radical (unpaired) electrons. The summed E-state index contributed by atoms with van der Waals surface area (Å²) in [5, 5.41) is 6.70. The number of carbonyl (C=O) groups excluding carboxylic acids is 1. The van der Waals surface area contributed by atoms with Gasteiger partial charge in [-0.25, -0.2) is 8.78 Å². The van der Waals surface area contributed by atoms with Crippen molar-refractivity contribution in [1.82, 2.24) is 10.1 Å². The highest BCUT2D eigenvalue weighted by atomic mass is 19.2. The van der Waals surface area contributed by atoms with Gasteiger partial charge in [-0.2, -0.15) is 0 Å². The topological polar surface area (TPSA) is 58.4 Å². The number of amides is 1. The first-order valence-electron chi connectivity index (χ1n) is 8.70. The van der Waals surface area contributed by atoms with E-state index < -0.39 is 11.6 Å². The first-order valence-corrected chi connectivity index (χ1v) is 8.70. The molecule has 1 amide bonds. The normalized spacial score (nSPS) is 18.3. The van der Waals surface area contributed by atoms with Crippen LogP contribution >= 0.6 is 0 Å². The molecule has 2 aromatic rings. The van der Waals surface area contributed by atoms with Gasteiger partial charge in [-0.3, -0.25) is 9.69 Å². The Morgan fingerprint density at radius 3 is 2.73 bits per heavy atom. The Morgan fingerprint density at radius 2 is 2.08 bits per heavy atom. The summed E-state index contributed by atoms with van der Waals surface area (Å²) >= 11 is 0. The molecule has 1 atom stereocenters. The average molecular weight is 363 g/mol. The Bertz CT molecular complexity index is 798. The minimum Gasteiger partial charge on any atom is -0.359 e. The van der Waals surface area contributed by atoms with Crippen LogP contribution in [-0.4, -0.2) is 28.6 Å². The summed E-state index contributed by atoms with van der Waals surface area (Å²) in [6.07, 6.45) is 1.58. The number of carbonyl (C=O) groups is 1. The number of likely N-dealkylation sites (tertiary alicyclic amines) is 1. The zero-order chi connectivity index (χ0) is 18.9. The zero-order valence-electron chi connectivity index (χ0n) is 15.2. The second-order valence-corrected chi connectivity index (χ2v) is 7.69. The monoisotopic (exact) mass is 363 g/mol. The SMILES string of the molecule is CC(C)(C)c1cc(NC(=O)[C@@H]2CCCN2Cc2ccc(F)c(F)c2)no1. The summed E-state index contributed by atoms with van der Waals surface area (Å²) in [7, 11) is 0. The number of hydrogen-bond donors (Lipinski definition) is 1. The van der Waals surface area contributed by atoms with E-state index in [1.165, 1.54) is 6.07 Å². The van der Waals surface area contributed by atoms with Gasteiger partial charge in [-0.05, 0) is 37.1 Å². The van der Waals surface area contributed by atoms with Crippen LogP contribution in [0.4, 0.5) is 14.6 Å². The number of hydrogen-bond acceptors (Lipinski definition) is 4. The van der Waals surface area contributed by atoms with Crippen molar-refractivity contribution in [1.29, 1.82) is 0 Å². The maximum absolute atomic E-state index is 13.4. The predicted octanol–water partition coefficient (Wildman–Crippen LogP) is 3.85. The molecule has 140 valence electrons. The largest absolute Gasteiger partial charge is 0.359 e. The first-order chi connectivity index (χ1) is 12.2. The molecular weight excluding hydrogens is 340 g/mol. The molecule has 1 aliphatic heterocycles. The van der Waals surface area contributed by atoms with Crippen LogP contribution in [0.3, 0.4) is 0 Å². The van der Waals surface area contributed by atoms with Gasteiger partial charge >= 0.3 is 0 Å². The second-order valence-electron chi connectivity index (χ2n) is 7.69. The third kappa shape index (κ3) is 4.09. The molecule has 0 bridgehead atoms. The second kappa shape index (κ2) is 7.15. The van der Waals surface area contributed by atoms with Gasteiger partial charge in [0.1, 0.15) is 5.76 Å². The van der Waals surface area contributed by atoms with Crippen LogP contribution in [0.1, 0.15) is 44.9 Å². The van der Waals surface area contributed by atoms with Crippen LogP contribution in [0.5, 0.6) is 0 Å². The van der Waals surface area contributed by atoms with Crippen molar-refractivity contribution in [3.8, 4) is 0 Å². The molecule has 1 N–H and O–H groups in total. The number of halogens is 2. The Kier molecular flexibility index (Phi) is 5.09. The summed E-state index contributed by atoms with van der Waals surface area (Å²) < 4.78 is 31.8. The van der Waals surface area contributed by atoms with Gasteiger partial charge in [-0.15, -0.1) is 0 Å². The Balaban J connectivity index is 1.66. The van der Waals surface area contributed by atoms with Gasteiger partial charge < -0.3 is 9.84 Å². The van der Waals surface area contributed by atoms with Crippen molar-refractivity contribution in [3.63, 3.8) is 0 Å². The molecule has 1 aromatic heterocycles. The number of rotatable bonds is 4. The van der Waals surface area contributed by atoms with Crippen molar-refractivity contribution >= 4 is 11.7 Å². The minimum absolute atomic E-state index is 0.168. The maximum atomic E-state index is 13.4. The molecule has 0 aliphatic carbocycles. The summed E-state index contributed by atoms with van der Waals surface area (Å²) in [6, 6.07) is 5.22. The highest BCUT2D eigenvalue weighted by Gasteiger charge is 2.31. The molecule has 3 rings (SSSR count). The zero-order valence-corrected chi connectivity index (χ0v) is 15.2. The summed E-state index contributed by atoms with van der Waals surface area (Å²) in [6.45, 7) is 7.11. The molecule has 0 unspecified atom stereocenters. The van der Waals surface area contributed by atoms with E-state index in [0.29, 0.717) is 30.1 Å². The van der Waals surface area contributed by atoms with Crippen molar-refractivity contribution in [2.45, 2.75) is 51.6 Å². The van der Waals surface area contributed by atoms with Crippen LogP contribution in [0.2, 0.25) is 0 Å². The minimum atomic E-state index is -0.875. The summed E-state index contributed by atoms with van der Waals surface area (Å²) in [5.74, 6) is -0.832.